The third-order valence-corrected chi connectivity index (χ3v) is 4.66. The van der Waals surface area contributed by atoms with Crippen LogP contribution in [0.1, 0.15) is 46.5 Å². The zero-order chi connectivity index (χ0) is 16.5. The van der Waals surface area contributed by atoms with Crippen molar-refractivity contribution in [3.8, 4) is 0 Å². The Labute approximate surface area is 159 Å². The SMILES string of the molecule is CCNC(=NCCC(=O)N(C)C)N1CCC(C(CC)CC)C1.I. The molecule has 0 bridgehead atoms. The van der Waals surface area contributed by atoms with E-state index < -0.39 is 0 Å². The lowest BCUT2D eigenvalue weighted by Crippen LogP contribution is -2.40. The van der Waals surface area contributed by atoms with Gasteiger partial charge in [0.05, 0.1) is 6.54 Å². The first kappa shape index (κ1) is 22.5. The van der Waals surface area contributed by atoms with Gasteiger partial charge in [-0.3, -0.25) is 9.79 Å². The number of aliphatic imine (C=N–C) groups is 1. The summed E-state index contributed by atoms with van der Waals surface area (Å²) in [5.41, 5.74) is 0. The van der Waals surface area contributed by atoms with Gasteiger partial charge in [0.25, 0.3) is 0 Å². The summed E-state index contributed by atoms with van der Waals surface area (Å²) in [6.07, 6.45) is 4.26. The monoisotopic (exact) mass is 438 g/mol. The molecule has 0 saturated carbocycles. The number of halogens is 1. The van der Waals surface area contributed by atoms with Crippen LogP contribution in [0.25, 0.3) is 0 Å². The molecule has 1 heterocycles. The van der Waals surface area contributed by atoms with Crippen molar-refractivity contribution in [2.24, 2.45) is 16.8 Å². The van der Waals surface area contributed by atoms with E-state index in [0.29, 0.717) is 13.0 Å². The number of hydrogen-bond donors (Lipinski definition) is 1. The Kier molecular flexibility index (Phi) is 11.6. The number of amides is 1. The minimum absolute atomic E-state index is 0. The highest BCUT2D eigenvalue weighted by atomic mass is 127. The van der Waals surface area contributed by atoms with E-state index in [9.17, 15) is 4.79 Å². The molecule has 1 amide bonds. The Morgan fingerprint density at radius 2 is 1.96 bits per heavy atom. The zero-order valence-corrected chi connectivity index (χ0v) is 17.8. The Morgan fingerprint density at radius 1 is 1.30 bits per heavy atom. The maximum absolute atomic E-state index is 11.6. The van der Waals surface area contributed by atoms with Crippen molar-refractivity contribution < 1.29 is 4.79 Å². The van der Waals surface area contributed by atoms with Crippen LogP contribution in [0.4, 0.5) is 0 Å². The average Bonchev–Trinajstić information content (AvgIpc) is 2.97. The molecule has 1 saturated heterocycles. The zero-order valence-electron chi connectivity index (χ0n) is 15.5. The van der Waals surface area contributed by atoms with Gasteiger partial charge in [-0.2, -0.15) is 0 Å². The molecule has 5 nitrogen and oxygen atoms in total. The van der Waals surface area contributed by atoms with Crippen molar-refractivity contribution in [3.05, 3.63) is 0 Å². The van der Waals surface area contributed by atoms with Crippen LogP contribution in [-0.2, 0) is 4.79 Å². The van der Waals surface area contributed by atoms with Crippen molar-refractivity contribution in [1.29, 1.82) is 0 Å². The molecule has 1 atom stereocenters. The van der Waals surface area contributed by atoms with Crippen molar-refractivity contribution >= 4 is 35.8 Å². The molecule has 0 spiro atoms. The Bertz CT molecular complexity index is 370. The third kappa shape index (κ3) is 7.27. The molecule has 1 aliphatic rings. The van der Waals surface area contributed by atoms with Crippen LogP contribution in [0.5, 0.6) is 0 Å². The molecule has 1 fully saturated rings. The summed E-state index contributed by atoms with van der Waals surface area (Å²) in [6.45, 7) is 10.3. The van der Waals surface area contributed by atoms with Gasteiger partial charge in [-0.15, -0.1) is 24.0 Å². The minimum Gasteiger partial charge on any atom is -0.357 e. The van der Waals surface area contributed by atoms with Crippen molar-refractivity contribution in [2.45, 2.75) is 46.5 Å². The Balaban J connectivity index is 0.00000484. The van der Waals surface area contributed by atoms with E-state index in [-0.39, 0.29) is 29.9 Å². The van der Waals surface area contributed by atoms with E-state index in [0.717, 1.165) is 37.4 Å². The molecule has 1 unspecified atom stereocenters. The van der Waals surface area contributed by atoms with Gasteiger partial charge in [-0.05, 0) is 25.2 Å². The number of hydrogen-bond acceptors (Lipinski definition) is 2. The minimum atomic E-state index is 0. The predicted molar refractivity (Wildman–Crippen MR) is 108 cm³/mol. The van der Waals surface area contributed by atoms with Crippen LogP contribution in [0.3, 0.4) is 0 Å². The fourth-order valence-corrected chi connectivity index (χ4v) is 3.23. The maximum atomic E-state index is 11.6. The molecule has 1 rings (SSSR count). The highest BCUT2D eigenvalue weighted by Gasteiger charge is 2.29. The number of carbonyl (C=O) groups excluding carboxylic acids is 1. The largest absolute Gasteiger partial charge is 0.357 e. The summed E-state index contributed by atoms with van der Waals surface area (Å²) in [6, 6.07) is 0. The molecule has 0 radical (unpaired) electrons. The number of rotatable bonds is 7. The van der Waals surface area contributed by atoms with Crippen LogP contribution < -0.4 is 5.32 Å². The number of nitrogens with one attached hydrogen (secondary N) is 1. The Hall–Kier alpha value is -0.530. The first-order chi connectivity index (χ1) is 10.5. The quantitative estimate of drug-likeness (QED) is 0.378. The van der Waals surface area contributed by atoms with Gasteiger partial charge >= 0.3 is 0 Å². The molecule has 0 aromatic carbocycles. The summed E-state index contributed by atoms with van der Waals surface area (Å²) in [5, 5.41) is 3.37. The first-order valence-corrected chi connectivity index (χ1v) is 8.76. The summed E-state index contributed by atoms with van der Waals surface area (Å²) >= 11 is 0. The van der Waals surface area contributed by atoms with Crippen LogP contribution >= 0.6 is 24.0 Å². The van der Waals surface area contributed by atoms with Crippen LogP contribution in [0.2, 0.25) is 0 Å². The topological polar surface area (TPSA) is 47.9 Å². The number of guanidine groups is 1. The number of nitrogens with zero attached hydrogens (tertiary/aromatic N) is 3. The van der Waals surface area contributed by atoms with Gasteiger partial charge in [-0.25, -0.2) is 0 Å². The second-order valence-corrected chi connectivity index (χ2v) is 6.35. The highest BCUT2D eigenvalue weighted by molar-refractivity contribution is 14.0. The molecule has 6 heteroatoms. The fraction of sp³-hybridized carbons (Fsp3) is 0.882. The third-order valence-electron chi connectivity index (χ3n) is 4.66. The van der Waals surface area contributed by atoms with Gasteiger partial charge < -0.3 is 15.1 Å². The molecule has 136 valence electrons. The van der Waals surface area contributed by atoms with E-state index in [4.69, 9.17) is 0 Å². The predicted octanol–water partition coefficient (Wildman–Crippen LogP) is 2.81. The fourth-order valence-electron chi connectivity index (χ4n) is 3.23. The summed E-state index contributed by atoms with van der Waals surface area (Å²) in [7, 11) is 3.58. The normalized spacial score (nSPS) is 18.1. The van der Waals surface area contributed by atoms with Crippen LogP contribution in [-0.4, -0.2) is 61.9 Å². The van der Waals surface area contributed by atoms with Crippen molar-refractivity contribution in [2.75, 3.05) is 40.3 Å². The molecule has 23 heavy (non-hydrogen) atoms. The number of carbonyl (C=O) groups is 1. The van der Waals surface area contributed by atoms with Crippen LogP contribution in [0, 0.1) is 11.8 Å². The van der Waals surface area contributed by atoms with E-state index in [2.05, 4.69) is 36.0 Å². The lowest BCUT2D eigenvalue weighted by Gasteiger charge is -2.24. The highest BCUT2D eigenvalue weighted by Crippen LogP contribution is 2.28. The second-order valence-electron chi connectivity index (χ2n) is 6.35. The standard InChI is InChI=1S/C17H34N4O.HI/c1-6-14(7-2)15-10-12-21(13-15)17(18-8-3)19-11-9-16(22)20(4)5;/h14-15H,6-13H2,1-5H3,(H,18,19);1H. The van der Waals surface area contributed by atoms with Gasteiger partial charge in [0.1, 0.15) is 0 Å². The first-order valence-electron chi connectivity index (χ1n) is 8.76. The number of likely N-dealkylation sites (tertiary alicyclic amines) is 1. The average molecular weight is 438 g/mol. The van der Waals surface area contributed by atoms with E-state index in [1.165, 1.54) is 19.3 Å². The van der Waals surface area contributed by atoms with Crippen molar-refractivity contribution in [3.63, 3.8) is 0 Å². The molecule has 1 aliphatic heterocycles. The molecular formula is C17H35IN4O. The van der Waals surface area contributed by atoms with Gasteiger partial charge in [0.2, 0.25) is 5.91 Å². The molecule has 0 aliphatic carbocycles. The summed E-state index contributed by atoms with van der Waals surface area (Å²) in [5.74, 6) is 2.71. The van der Waals surface area contributed by atoms with Crippen molar-refractivity contribution in [1.82, 2.24) is 15.1 Å². The van der Waals surface area contributed by atoms with Gasteiger partial charge in [0.15, 0.2) is 5.96 Å². The lowest BCUT2D eigenvalue weighted by molar-refractivity contribution is -0.128. The van der Waals surface area contributed by atoms with Gasteiger partial charge in [-0.1, -0.05) is 26.7 Å². The molecular weight excluding hydrogens is 403 g/mol. The summed E-state index contributed by atoms with van der Waals surface area (Å²) < 4.78 is 0. The van der Waals surface area contributed by atoms with Crippen LogP contribution in [0.15, 0.2) is 4.99 Å². The molecule has 0 aromatic rings. The van der Waals surface area contributed by atoms with E-state index >= 15 is 0 Å². The van der Waals surface area contributed by atoms with Gasteiger partial charge in [0, 0.05) is 40.2 Å². The Morgan fingerprint density at radius 3 is 2.48 bits per heavy atom. The summed E-state index contributed by atoms with van der Waals surface area (Å²) in [4.78, 5) is 20.3. The lowest BCUT2D eigenvalue weighted by atomic mass is 9.87. The second kappa shape index (κ2) is 11.9. The van der Waals surface area contributed by atoms with E-state index in [1.54, 1.807) is 19.0 Å². The molecule has 0 aromatic heterocycles. The smallest absolute Gasteiger partial charge is 0.223 e. The van der Waals surface area contributed by atoms with E-state index in [1.807, 2.05) is 0 Å². The molecule has 1 N–H and O–H groups in total. The maximum Gasteiger partial charge on any atom is 0.223 e.